The highest BCUT2D eigenvalue weighted by molar-refractivity contribution is 9.10. The molecule has 3 nitrogen and oxygen atoms in total. The summed E-state index contributed by atoms with van der Waals surface area (Å²) in [6.07, 6.45) is 4.93. The van der Waals surface area contributed by atoms with Gasteiger partial charge in [0.15, 0.2) is 0 Å². The molecule has 1 saturated heterocycles. The van der Waals surface area contributed by atoms with E-state index >= 15 is 0 Å². The van der Waals surface area contributed by atoms with Crippen molar-refractivity contribution < 1.29 is 4.74 Å². The van der Waals surface area contributed by atoms with Crippen molar-refractivity contribution in [2.24, 2.45) is 0 Å². The van der Waals surface area contributed by atoms with Crippen LogP contribution < -0.4 is 4.74 Å². The molecule has 76 valence electrons. The van der Waals surface area contributed by atoms with Crippen LogP contribution in [0, 0.1) is 0 Å². The van der Waals surface area contributed by atoms with E-state index in [9.17, 15) is 0 Å². The number of likely N-dealkylation sites (N-methyl/N-ethyl adjacent to an activating group) is 1. The van der Waals surface area contributed by atoms with E-state index in [1.165, 1.54) is 0 Å². The molecule has 1 fully saturated rings. The molecule has 0 radical (unpaired) electrons. The van der Waals surface area contributed by atoms with E-state index in [1.54, 1.807) is 12.4 Å². The average Bonchev–Trinajstić information content (AvgIpc) is 2.56. The first-order valence-corrected chi connectivity index (χ1v) is 5.50. The zero-order chi connectivity index (χ0) is 9.97. The number of hydrogen-bond donors (Lipinski definition) is 0. The second-order valence-electron chi connectivity index (χ2n) is 3.60. The van der Waals surface area contributed by atoms with Crippen LogP contribution in [0.3, 0.4) is 0 Å². The van der Waals surface area contributed by atoms with Crippen molar-refractivity contribution in [2.45, 2.75) is 12.5 Å². The van der Waals surface area contributed by atoms with Crippen molar-refractivity contribution in [3.05, 3.63) is 22.9 Å². The lowest BCUT2D eigenvalue weighted by Crippen LogP contribution is -2.21. The molecule has 1 atom stereocenters. The summed E-state index contributed by atoms with van der Waals surface area (Å²) in [6, 6.07) is 1.89. The van der Waals surface area contributed by atoms with Crippen LogP contribution in [0.5, 0.6) is 5.75 Å². The molecule has 1 aliphatic heterocycles. The Kier molecular flexibility index (Phi) is 3.03. The van der Waals surface area contributed by atoms with E-state index in [0.717, 1.165) is 29.7 Å². The number of halogens is 1. The van der Waals surface area contributed by atoms with Crippen LogP contribution in [0.2, 0.25) is 0 Å². The molecule has 0 saturated carbocycles. The third-order valence-electron chi connectivity index (χ3n) is 2.38. The van der Waals surface area contributed by atoms with E-state index < -0.39 is 0 Å². The number of pyridine rings is 1. The van der Waals surface area contributed by atoms with Crippen LogP contribution >= 0.6 is 15.9 Å². The largest absolute Gasteiger partial charge is 0.488 e. The third kappa shape index (κ3) is 2.25. The Bertz CT molecular complexity index is 319. The molecule has 1 aliphatic rings. The van der Waals surface area contributed by atoms with Gasteiger partial charge in [-0.1, -0.05) is 0 Å². The van der Waals surface area contributed by atoms with E-state index in [1.807, 2.05) is 6.07 Å². The fourth-order valence-electron chi connectivity index (χ4n) is 1.63. The van der Waals surface area contributed by atoms with Gasteiger partial charge < -0.3 is 9.64 Å². The zero-order valence-corrected chi connectivity index (χ0v) is 9.70. The molecule has 0 N–H and O–H groups in total. The molecule has 0 spiro atoms. The maximum absolute atomic E-state index is 5.85. The van der Waals surface area contributed by atoms with Crippen LogP contribution in [0.25, 0.3) is 0 Å². The topological polar surface area (TPSA) is 25.4 Å². The first-order chi connectivity index (χ1) is 6.75. The predicted molar refractivity (Wildman–Crippen MR) is 58.5 cm³/mol. The smallest absolute Gasteiger partial charge is 0.137 e. The van der Waals surface area contributed by atoms with Crippen LogP contribution in [0.15, 0.2) is 22.9 Å². The van der Waals surface area contributed by atoms with E-state index in [4.69, 9.17) is 4.74 Å². The van der Waals surface area contributed by atoms with Gasteiger partial charge in [-0.05, 0) is 35.5 Å². The Labute approximate surface area is 92.2 Å². The monoisotopic (exact) mass is 256 g/mol. The number of aromatic nitrogens is 1. The van der Waals surface area contributed by atoms with E-state index in [2.05, 4.69) is 32.9 Å². The lowest BCUT2D eigenvalue weighted by molar-refractivity contribution is 0.206. The molecule has 14 heavy (non-hydrogen) atoms. The zero-order valence-electron chi connectivity index (χ0n) is 8.11. The van der Waals surface area contributed by atoms with E-state index in [0.29, 0.717) is 6.10 Å². The second-order valence-corrected chi connectivity index (χ2v) is 4.45. The van der Waals surface area contributed by atoms with Gasteiger partial charge in [0.2, 0.25) is 0 Å². The van der Waals surface area contributed by atoms with Gasteiger partial charge in [-0.3, -0.25) is 4.98 Å². The maximum Gasteiger partial charge on any atom is 0.137 e. The van der Waals surface area contributed by atoms with Gasteiger partial charge in [-0.25, -0.2) is 0 Å². The van der Waals surface area contributed by atoms with Crippen LogP contribution in [-0.2, 0) is 0 Å². The molecule has 1 aromatic heterocycles. The van der Waals surface area contributed by atoms with Crippen molar-refractivity contribution in [3.63, 3.8) is 0 Å². The Morgan fingerprint density at radius 1 is 1.64 bits per heavy atom. The summed E-state index contributed by atoms with van der Waals surface area (Å²) in [5, 5.41) is 0. The highest BCUT2D eigenvalue weighted by atomic mass is 79.9. The van der Waals surface area contributed by atoms with Crippen molar-refractivity contribution in [1.82, 2.24) is 9.88 Å². The molecular weight excluding hydrogens is 244 g/mol. The molecule has 2 rings (SSSR count). The summed E-state index contributed by atoms with van der Waals surface area (Å²) < 4.78 is 6.77. The fraction of sp³-hybridized carbons (Fsp3) is 0.500. The van der Waals surface area contributed by atoms with Gasteiger partial charge in [-0.2, -0.15) is 0 Å². The minimum absolute atomic E-state index is 0.318. The van der Waals surface area contributed by atoms with Crippen molar-refractivity contribution in [2.75, 3.05) is 20.1 Å². The number of nitrogens with zero attached hydrogens (tertiary/aromatic N) is 2. The number of hydrogen-bond acceptors (Lipinski definition) is 3. The lowest BCUT2D eigenvalue weighted by atomic mass is 10.3. The van der Waals surface area contributed by atoms with Crippen molar-refractivity contribution in [1.29, 1.82) is 0 Å². The molecule has 0 amide bonds. The van der Waals surface area contributed by atoms with Gasteiger partial charge in [-0.15, -0.1) is 0 Å². The molecule has 1 aromatic rings. The molecule has 0 aliphatic carbocycles. The van der Waals surface area contributed by atoms with Crippen LogP contribution in [-0.4, -0.2) is 36.1 Å². The Balaban J connectivity index is 2.01. The number of likely N-dealkylation sites (tertiary alicyclic amines) is 1. The predicted octanol–water partition coefficient (Wildman–Crippen LogP) is 1.93. The summed E-state index contributed by atoms with van der Waals surface area (Å²) in [5.74, 6) is 0.889. The first-order valence-electron chi connectivity index (χ1n) is 4.70. The average molecular weight is 257 g/mol. The van der Waals surface area contributed by atoms with Gasteiger partial charge in [0.25, 0.3) is 0 Å². The van der Waals surface area contributed by atoms with Crippen molar-refractivity contribution in [3.8, 4) is 5.75 Å². The van der Waals surface area contributed by atoms with Crippen LogP contribution in [0.4, 0.5) is 0 Å². The molecule has 0 aromatic carbocycles. The summed E-state index contributed by atoms with van der Waals surface area (Å²) >= 11 is 3.42. The van der Waals surface area contributed by atoms with Gasteiger partial charge >= 0.3 is 0 Å². The molecule has 0 bridgehead atoms. The highest BCUT2D eigenvalue weighted by Crippen LogP contribution is 2.25. The standard InChI is InChI=1S/C10H13BrN2O/c1-13-5-3-8(7-13)14-10-2-4-12-6-9(10)11/h2,4,6,8H,3,5,7H2,1H3. The minimum atomic E-state index is 0.318. The molecular formula is C10H13BrN2O. The van der Waals surface area contributed by atoms with Gasteiger partial charge in [0.1, 0.15) is 11.9 Å². The normalized spacial score (nSPS) is 22.6. The quantitative estimate of drug-likeness (QED) is 0.809. The van der Waals surface area contributed by atoms with Crippen LogP contribution in [0.1, 0.15) is 6.42 Å². The summed E-state index contributed by atoms with van der Waals surface area (Å²) in [5.41, 5.74) is 0. The summed E-state index contributed by atoms with van der Waals surface area (Å²) in [4.78, 5) is 6.27. The highest BCUT2D eigenvalue weighted by Gasteiger charge is 2.21. The van der Waals surface area contributed by atoms with Gasteiger partial charge in [0, 0.05) is 25.5 Å². The Morgan fingerprint density at radius 2 is 2.50 bits per heavy atom. The Hall–Kier alpha value is -0.610. The SMILES string of the molecule is CN1CCC(Oc2ccncc2Br)C1. The molecule has 2 heterocycles. The third-order valence-corrected chi connectivity index (χ3v) is 2.97. The first kappa shape index (κ1) is 9.93. The number of ether oxygens (including phenoxy) is 1. The maximum atomic E-state index is 5.85. The number of rotatable bonds is 2. The Morgan fingerprint density at radius 3 is 3.14 bits per heavy atom. The molecule has 1 unspecified atom stereocenters. The lowest BCUT2D eigenvalue weighted by Gasteiger charge is -2.14. The van der Waals surface area contributed by atoms with Gasteiger partial charge in [0.05, 0.1) is 4.47 Å². The van der Waals surface area contributed by atoms with Crippen molar-refractivity contribution >= 4 is 15.9 Å². The van der Waals surface area contributed by atoms with E-state index in [-0.39, 0.29) is 0 Å². The summed E-state index contributed by atoms with van der Waals surface area (Å²) in [6.45, 7) is 2.13. The molecule has 4 heteroatoms. The second kappa shape index (κ2) is 4.28. The fourth-order valence-corrected chi connectivity index (χ4v) is 1.97. The summed E-state index contributed by atoms with van der Waals surface area (Å²) in [7, 11) is 2.12. The minimum Gasteiger partial charge on any atom is -0.488 e.